The number of aliphatic imine (C=N–C) groups is 1. The van der Waals surface area contributed by atoms with Crippen LogP contribution in [0, 0.1) is 0 Å². The van der Waals surface area contributed by atoms with Crippen molar-refractivity contribution in [3.63, 3.8) is 0 Å². The van der Waals surface area contributed by atoms with Crippen LogP contribution in [0.1, 0.15) is 27.9 Å². The first-order valence-corrected chi connectivity index (χ1v) is 10.6. The molecule has 0 saturated heterocycles. The largest absolute Gasteiger partial charge is 0.390 e. The number of amides is 1. The molecule has 0 aliphatic carbocycles. The van der Waals surface area contributed by atoms with Crippen LogP contribution in [0.3, 0.4) is 0 Å². The number of fused-ring (bicyclic) bond motifs is 2. The van der Waals surface area contributed by atoms with Crippen molar-refractivity contribution in [1.82, 2.24) is 5.32 Å². The van der Waals surface area contributed by atoms with Crippen LogP contribution >= 0.6 is 23.4 Å². The third-order valence-corrected chi connectivity index (χ3v) is 5.98. The lowest BCUT2D eigenvalue weighted by Gasteiger charge is -2.09. The third-order valence-electron chi connectivity index (χ3n) is 4.61. The molecule has 0 aromatic heterocycles. The molecule has 31 heavy (non-hydrogen) atoms. The van der Waals surface area contributed by atoms with Gasteiger partial charge in [0.15, 0.2) is 0 Å². The minimum absolute atomic E-state index is 0.252. The van der Waals surface area contributed by atoms with Crippen LogP contribution in [0.2, 0.25) is 5.02 Å². The summed E-state index contributed by atoms with van der Waals surface area (Å²) in [5.74, 6) is -0.571. The molecule has 158 valence electrons. The van der Waals surface area contributed by atoms with Gasteiger partial charge >= 0.3 is 6.18 Å². The highest BCUT2D eigenvalue weighted by atomic mass is 35.5. The van der Waals surface area contributed by atoms with Gasteiger partial charge in [-0.1, -0.05) is 53.7 Å². The SMILES string of the molecule is O=C(NCCC(F)(F)F)c1ccc2c(c1)N=C(c1cccc(Cl)c1)c1ccccc1S2. The molecule has 0 fully saturated rings. The molecular formula is C23H16ClF3N2OS. The fourth-order valence-corrected chi connectivity index (χ4v) is 4.35. The summed E-state index contributed by atoms with van der Waals surface area (Å²) in [6.07, 6.45) is -5.40. The zero-order valence-electron chi connectivity index (χ0n) is 16.0. The van der Waals surface area contributed by atoms with Crippen molar-refractivity contribution in [3.8, 4) is 0 Å². The lowest BCUT2D eigenvalue weighted by atomic mass is 10.0. The van der Waals surface area contributed by atoms with Crippen molar-refractivity contribution >= 4 is 40.7 Å². The van der Waals surface area contributed by atoms with Crippen LogP contribution in [0.4, 0.5) is 18.9 Å². The Balaban J connectivity index is 1.72. The second-order valence-corrected chi connectivity index (χ2v) is 8.39. The Hall–Kier alpha value is -2.77. The van der Waals surface area contributed by atoms with E-state index in [4.69, 9.17) is 16.6 Å². The highest BCUT2D eigenvalue weighted by molar-refractivity contribution is 7.99. The van der Waals surface area contributed by atoms with E-state index in [0.29, 0.717) is 16.4 Å². The van der Waals surface area contributed by atoms with Gasteiger partial charge in [-0.05, 0) is 36.4 Å². The van der Waals surface area contributed by atoms with Crippen LogP contribution in [0.25, 0.3) is 0 Å². The van der Waals surface area contributed by atoms with Crippen LogP contribution in [-0.4, -0.2) is 24.3 Å². The predicted octanol–water partition coefficient (Wildman–Crippen LogP) is 6.66. The molecule has 0 bridgehead atoms. The van der Waals surface area contributed by atoms with Crippen molar-refractivity contribution in [1.29, 1.82) is 0 Å². The van der Waals surface area contributed by atoms with Gasteiger partial charge in [0.25, 0.3) is 5.91 Å². The second-order valence-electron chi connectivity index (χ2n) is 6.87. The fourth-order valence-electron chi connectivity index (χ4n) is 3.16. The van der Waals surface area contributed by atoms with Gasteiger partial charge in [0.05, 0.1) is 17.8 Å². The number of nitrogens with one attached hydrogen (secondary N) is 1. The van der Waals surface area contributed by atoms with E-state index < -0.39 is 25.0 Å². The number of hydrogen-bond donors (Lipinski definition) is 1. The molecule has 1 amide bonds. The quantitative estimate of drug-likeness (QED) is 0.370. The van der Waals surface area contributed by atoms with E-state index in [1.165, 1.54) is 11.8 Å². The van der Waals surface area contributed by atoms with E-state index in [-0.39, 0.29) is 5.56 Å². The molecule has 1 N–H and O–H groups in total. The monoisotopic (exact) mass is 460 g/mol. The smallest absolute Gasteiger partial charge is 0.352 e. The fraction of sp³-hybridized carbons (Fsp3) is 0.130. The Morgan fingerprint density at radius 1 is 1.00 bits per heavy atom. The molecule has 1 aliphatic heterocycles. The summed E-state index contributed by atoms with van der Waals surface area (Å²) in [5, 5.41) is 2.89. The van der Waals surface area contributed by atoms with E-state index >= 15 is 0 Å². The van der Waals surface area contributed by atoms with Gasteiger partial charge < -0.3 is 5.32 Å². The highest BCUT2D eigenvalue weighted by Crippen LogP contribution is 2.41. The van der Waals surface area contributed by atoms with Gasteiger partial charge in [0.1, 0.15) is 0 Å². The summed E-state index contributed by atoms with van der Waals surface area (Å²) in [7, 11) is 0. The number of halogens is 4. The zero-order chi connectivity index (χ0) is 22.0. The maximum Gasteiger partial charge on any atom is 0.390 e. The molecule has 0 radical (unpaired) electrons. The van der Waals surface area contributed by atoms with Gasteiger partial charge in [0, 0.05) is 38.0 Å². The lowest BCUT2D eigenvalue weighted by Crippen LogP contribution is -2.27. The molecule has 1 heterocycles. The Morgan fingerprint density at radius 3 is 2.58 bits per heavy atom. The Morgan fingerprint density at radius 2 is 1.81 bits per heavy atom. The number of benzene rings is 3. The lowest BCUT2D eigenvalue weighted by molar-refractivity contribution is -0.132. The van der Waals surface area contributed by atoms with Crippen molar-refractivity contribution in [2.45, 2.75) is 22.4 Å². The molecule has 4 rings (SSSR count). The van der Waals surface area contributed by atoms with Crippen LogP contribution < -0.4 is 5.32 Å². The summed E-state index contributed by atoms with van der Waals surface area (Å²) >= 11 is 7.71. The van der Waals surface area contributed by atoms with Crippen molar-refractivity contribution in [2.24, 2.45) is 4.99 Å². The molecule has 0 spiro atoms. The first kappa shape index (κ1) is 21.5. The zero-order valence-corrected chi connectivity index (χ0v) is 17.6. The van der Waals surface area contributed by atoms with E-state index in [2.05, 4.69) is 5.32 Å². The Labute approximate surface area is 186 Å². The Kier molecular flexibility index (Phi) is 6.07. The van der Waals surface area contributed by atoms with Crippen LogP contribution in [-0.2, 0) is 0 Å². The summed E-state index contributed by atoms with van der Waals surface area (Å²) in [6, 6.07) is 20.1. The van der Waals surface area contributed by atoms with Gasteiger partial charge in [-0.25, -0.2) is 4.99 Å². The number of rotatable bonds is 4. The van der Waals surface area contributed by atoms with E-state index in [9.17, 15) is 18.0 Å². The van der Waals surface area contributed by atoms with Crippen LogP contribution in [0.15, 0.2) is 81.5 Å². The Bertz CT molecular complexity index is 1180. The maximum absolute atomic E-state index is 12.4. The third kappa shape index (κ3) is 5.11. The van der Waals surface area contributed by atoms with Gasteiger partial charge in [0.2, 0.25) is 0 Å². The number of hydrogen-bond acceptors (Lipinski definition) is 3. The summed E-state index contributed by atoms with van der Waals surface area (Å²) in [6.45, 7) is -0.476. The van der Waals surface area contributed by atoms with Gasteiger partial charge in [-0.3, -0.25) is 4.79 Å². The van der Waals surface area contributed by atoms with E-state index in [0.717, 1.165) is 20.9 Å². The average molecular weight is 461 g/mol. The summed E-state index contributed by atoms with van der Waals surface area (Å²) < 4.78 is 37.1. The van der Waals surface area contributed by atoms with Crippen molar-refractivity contribution < 1.29 is 18.0 Å². The molecule has 3 aromatic rings. The van der Waals surface area contributed by atoms with Crippen molar-refractivity contribution in [3.05, 3.63) is 88.4 Å². The molecule has 3 aromatic carbocycles. The van der Waals surface area contributed by atoms with E-state index in [1.807, 2.05) is 42.5 Å². The summed E-state index contributed by atoms with van der Waals surface area (Å²) in [5.41, 5.74) is 3.29. The average Bonchev–Trinajstić information content (AvgIpc) is 2.89. The molecule has 0 atom stereocenters. The van der Waals surface area contributed by atoms with Gasteiger partial charge in [-0.2, -0.15) is 13.2 Å². The number of nitrogens with zero attached hydrogens (tertiary/aromatic N) is 1. The first-order valence-electron chi connectivity index (χ1n) is 9.41. The topological polar surface area (TPSA) is 41.5 Å². The molecule has 3 nitrogen and oxygen atoms in total. The molecular weight excluding hydrogens is 445 g/mol. The van der Waals surface area contributed by atoms with E-state index in [1.54, 1.807) is 24.3 Å². The molecule has 0 saturated carbocycles. The predicted molar refractivity (Wildman–Crippen MR) is 117 cm³/mol. The molecule has 0 unspecified atom stereocenters. The first-order chi connectivity index (χ1) is 14.8. The maximum atomic E-state index is 12.4. The molecule has 1 aliphatic rings. The summed E-state index contributed by atoms with van der Waals surface area (Å²) in [4.78, 5) is 19.0. The number of carbonyl (C=O) groups is 1. The second kappa shape index (κ2) is 8.77. The standard InChI is InChI=1S/C23H16ClF3N2OS/c24-16-5-3-4-14(12-16)21-17-6-1-2-7-19(17)31-20-9-8-15(13-18(20)29-21)22(30)28-11-10-23(25,26)27/h1-9,12-13H,10-11H2,(H,28,30). The highest BCUT2D eigenvalue weighted by Gasteiger charge is 2.27. The minimum Gasteiger partial charge on any atom is -0.352 e. The van der Waals surface area contributed by atoms with Crippen LogP contribution in [0.5, 0.6) is 0 Å². The number of carbonyl (C=O) groups excluding carboxylic acids is 1. The van der Waals surface area contributed by atoms with Crippen molar-refractivity contribution in [2.75, 3.05) is 6.54 Å². The minimum atomic E-state index is -4.32. The normalized spacial score (nSPS) is 13.0. The molecule has 8 heteroatoms. The van der Waals surface area contributed by atoms with Gasteiger partial charge in [-0.15, -0.1) is 0 Å². The number of alkyl halides is 3.